The van der Waals surface area contributed by atoms with Crippen molar-refractivity contribution in [1.29, 1.82) is 5.41 Å². The van der Waals surface area contributed by atoms with Gasteiger partial charge in [-0.15, -0.1) is 0 Å². The predicted octanol–water partition coefficient (Wildman–Crippen LogP) is 3.46. The van der Waals surface area contributed by atoms with Crippen LogP contribution in [-0.4, -0.2) is 14.2 Å². The van der Waals surface area contributed by atoms with E-state index < -0.39 is 6.10 Å². The van der Waals surface area contributed by atoms with Crippen LogP contribution < -0.4 is 5.62 Å². The van der Waals surface area contributed by atoms with Crippen LogP contribution >= 0.6 is 0 Å². The third-order valence-electron chi connectivity index (χ3n) is 4.25. The van der Waals surface area contributed by atoms with E-state index in [2.05, 4.69) is 13.0 Å². The van der Waals surface area contributed by atoms with Gasteiger partial charge in [0.2, 0.25) is 5.62 Å². The largest absolute Gasteiger partial charge is 0.387 e. The summed E-state index contributed by atoms with van der Waals surface area (Å²) in [6, 6.07) is 17.7. The molecule has 0 spiro atoms. The Hall–Kier alpha value is -2.33. The van der Waals surface area contributed by atoms with Crippen LogP contribution in [0.4, 0.5) is 0 Å². The average molecular weight is 309 g/mol. The van der Waals surface area contributed by atoms with Gasteiger partial charge in [0.05, 0.1) is 23.7 Å². The standard InChI is InChI=1S/C19H23N3O/c1-2-3-13-21-16-11-7-8-12-17(16)22(19(21)20)14-18(23)15-9-5-4-6-10-15/h4-12,18,20,23H,2-3,13-14H2,1H3/t18-/m1/s1. The molecule has 0 radical (unpaired) electrons. The van der Waals surface area contributed by atoms with E-state index in [1.165, 1.54) is 0 Å². The van der Waals surface area contributed by atoms with Crippen molar-refractivity contribution in [3.63, 3.8) is 0 Å². The van der Waals surface area contributed by atoms with Crippen molar-refractivity contribution in [2.24, 2.45) is 0 Å². The second-order valence-corrected chi connectivity index (χ2v) is 5.85. The number of hydrogen-bond donors (Lipinski definition) is 2. The first-order valence-corrected chi connectivity index (χ1v) is 8.18. The number of aliphatic hydroxyl groups excluding tert-OH is 1. The van der Waals surface area contributed by atoms with Crippen LogP contribution in [0, 0.1) is 5.41 Å². The topological polar surface area (TPSA) is 53.9 Å². The van der Waals surface area contributed by atoms with Crippen molar-refractivity contribution in [1.82, 2.24) is 9.13 Å². The van der Waals surface area contributed by atoms with Crippen molar-refractivity contribution in [3.8, 4) is 0 Å². The molecule has 1 aromatic heterocycles. The molecule has 0 aliphatic carbocycles. The molecule has 0 bridgehead atoms. The summed E-state index contributed by atoms with van der Waals surface area (Å²) in [5.41, 5.74) is 3.40. The van der Waals surface area contributed by atoms with Crippen LogP contribution in [0.15, 0.2) is 54.6 Å². The van der Waals surface area contributed by atoms with E-state index in [0.717, 1.165) is 36.0 Å². The van der Waals surface area contributed by atoms with E-state index in [1.54, 1.807) is 0 Å². The zero-order valence-corrected chi connectivity index (χ0v) is 13.4. The summed E-state index contributed by atoms with van der Waals surface area (Å²) in [6.45, 7) is 3.38. The summed E-state index contributed by atoms with van der Waals surface area (Å²) in [5, 5.41) is 19.1. The van der Waals surface area contributed by atoms with E-state index in [0.29, 0.717) is 12.2 Å². The molecular formula is C19H23N3O. The quantitative estimate of drug-likeness (QED) is 0.720. The molecule has 0 aliphatic heterocycles. The second kappa shape index (κ2) is 6.84. The minimum Gasteiger partial charge on any atom is -0.387 e. The zero-order chi connectivity index (χ0) is 16.2. The molecule has 2 aromatic carbocycles. The number of benzene rings is 2. The highest BCUT2D eigenvalue weighted by Gasteiger charge is 2.14. The van der Waals surface area contributed by atoms with Gasteiger partial charge in [-0.2, -0.15) is 0 Å². The molecule has 0 saturated heterocycles. The lowest BCUT2D eigenvalue weighted by Gasteiger charge is -2.12. The van der Waals surface area contributed by atoms with Gasteiger partial charge >= 0.3 is 0 Å². The van der Waals surface area contributed by atoms with Gasteiger partial charge in [0, 0.05) is 6.54 Å². The number of nitrogens with one attached hydrogen (secondary N) is 1. The van der Waals surface area contributed by atoms with Crippen LogP contribution in [0.1, 0.15) is 31.4 Å². The number of fused-ring (bicyclic) bond motifs is 1. The number of rotatable bonds is 6. The number of aliphatic hydroxyl groups is 1. The fourth-order valence-electron chi connectivity index (χ4n) is 2.98. The van der Waals surface area contributed by atoms with Crippen molar-refractivity contribution in [2.45, 2.75) is 39.0 Å². The van der Waals surface area contributed by atoms with Crippen LogP contribution in [0.5, 0.6) is 0 Å². The lowest BCUT2D eigenvalue weighted by Crippen LogP contribution is -2.26. The number of aryl methyl sites for hydroxylation is 1. The monoisotopic (exact) mass is 309 g/mol. The molecule has 3 aromatic rings. The number of para-hydroxylation sites is 2. The fourth-order valence-corrected chi connectivity index (χ4v) is 2.98. The molecule has 3 rings (SSSR count). The first-order chi connectivity index (χ1) is 11.2. The van der Waals surface area contributed by atoms with Crippen LogP contribution in [0.3, 0.4) is 0 Å². The third kappa shape index (κ3) is 3.08. The van der Waals surface area contributed by atoms with Crippen LogP contribution in [0.2, 0.25) is 0 Å². The van der Waals surface area contributed by atoms with Crippen molar-refractivity contribution in [2.75, 3.05) is 0 Å². The molecule has 23 heavy (non-hydrogen) atoms. The molecule has 1 atom stereocenters. The number of nitrogens with zero attached hydrogens (tertiary/aromatic N) is 2. The van der Waals surface area contributed by atoms with Gasteiger partial charge in [-0.25, -0.2) is 0 Å². The van der Waals surface area contributed by atoms with Gasteiger partial charge in [0.1, 0.15) is 0 Å². The molecular weight excluding hydrogens is 286 g/mol. The van der Waals surface area contributed by atoms with Crippen molar-refractivity contribution < 1.29 is 5.11 Å². The van der Waals surface area contributed by atoms with E-state index in [-0.39, 0.29) is 0 Å². The highest BCUT2D eigenvalue weighted by Crippen LogP contribution is 2.18. The normalized spacial score (nSPS) is 12.6. The van der Waals surface area contributed by atoms with Gasteiger partial charge < -0.3 is 14.2 Å². The maximum absolute atomic E-state index is 10.5. The Morgan fingerprint density at radius 2 is 1.57 bits per heavy atom. The Bertz CT molecular complexity index is 833. The number of imidazole rings is 1. The average Bonchev–Trinajstić information content (AvgIpc) is 2.86. The Balaban J connectivity index is 2.00. The molecule has 0 amide bonds. The van der Waals surface area contributed by atoms with Crippen molar-refractivity contribution >= 4 is 11.0 Å². The Morgan fingerprint density at radius 1 is 0.957 bits per heavy atom. The SMILES string of the molecule is CCCCn1c(=N)n(C[C@@H](O)c2ccccc2)c2ccccc21. The molecule has 0 fully saturated rings. The van der Waals surface area contributed by atoms with Gasteiger partial charge in [0.15, 0.2) is 0 Å². The molecule has 1 heterocycles. The van der Waals surface area contributed by atoms with Gasteiger partial charge in [-0.1, -0.05) is 55.8 Å². The number of unbranched alkanes of at least 4 members (excludes halogenated alkanes) is 1. The maximum atomic E-state index is 10.5. The minimum atomic E-state index is -0.615. The zero-order valence-electron chi connectivity index (χ0n) is 13.4. The summed E-state index contributed by atoms with van der Waals surface area (Å²) in [6.07, 6.45) is 1.53. The molecule has 4 heteroatoms. The van der Waals surface area contributed by atoms with Gasteiger partial charge in [0.25, 0.3) is 0 Å². The van der Waals surface area contributed by atoms with Crippen molar-refractivity contribution in [3.05, 3.63) is 65.8 Å². The molecule has 4 nitrogen and oxygen atoms in total. The smallest absolute Gasteiger partial charge is 0.203 e. The maximum Gasteiger partial charge on any atom is 0.203 e. The molecule has 0 aliphatic rings. The summed E-state index contributed by atoms with van der Waals surface area (Å²) >= 11 is 0. The Morgan fingerprint density at radius 3 is 2.22 bits per heavy atom. The molecule has 0 unspecified atom stereocenters. The van der Waals surface area contributed by atoms with E-state index in [4.69, 9.17) is 5.41 Å². The highest BCUT2D eigenvalue weighted by molar-refractivity contribution is 5.75. The van der Waals surface area contributed by atoms with E-state index in [1.807, 2.05) is 57.7 Å². The summed E-state index contributed by atoms with van der Waals surface area (Å²) in [5.74, 6) is 0. The first-order valence-electron chi connectivity index (χ1n) is 8.18. The fraction of sp³-hybridized carbons (Fsp3) is 0.316. The van der Waals surface area contributed by atoms with Gasteiger partial charge in [-0.3, -0.25) is 5.41 Å². The molecule has 120 valence electrons. The minimum absolute atomic E-state index is 0.391. The van der Waals surface area contributed by atoms with Crippen LogP contribution in [0.25, 0.3) is 11.0 Å². The van der Waals surface area contributed by atoms with Crippen LogP contribution in [-0.2, 0) is 13.1 Å². The second-order valence-electron chi connectivity index (χ2n) is 5.85. The lowest BCUT2D eigenvalue weighted by atomic mass is 10.1. The lowest BCUT2D eigenvalue weighted by molar-refractivity contribution is 0.155. The van der Waals surface area contributed by atoms with Gasteiger partial charge in [-0.05, 0) is 24.1 Å². The number of aromatic nitrogens is 2. The summed E-state index contributed by atoms with van der Waals surface area (Å²) in [7, 11) is 0. The highest BCUT2D eigenvalue weighted by atomic mass is 16.3. The predicted molar refractivity (Wildman–Crippen MR) is 92.1 cm³/mol. The molecule has 2 N–H and O–H groups in total. The first kappa shape index (κ1) is 15.6. The Labute approximate surface area is 136 Å². The summed E-state index contributed by atoms with van der Waals surface area (Å²) in [4.78, 5) is 0. The summed E-state index contributed by atoms with van der Waals surface area (Å²) < 4.78 is 3.94. The van der Waals surface area contributed by atoms with E-state index >= 15 is 0 Å². The Kier molecular flexibility index (Phi) is 4.63. The molecule has 0 saturated carbocycles. The van der Waals surface area contributed by atoms with E-state index in [9.17, 15) is 5.11 Å². The third-order valence-corrected chi connectivity index (χ3v) is 4.25. The number of hydrogen-bond acceptors (Lipinski definition) is 2.